The molecule has 1 aromatic rings. The molecule has 1 fully saturated rings. The summed E-state index contributed by atoms with van der Waals surface area (Å²) < 4.78 is 10.6. The third-order valence-electron chi connectivity index (χ3n) is 4.17. The molecule has 130 valence electrons. The molecular formula is C16H27N3O4. The summed E-state index contributed by atoms with van der Waals surface area (Å²) in [5.41, 5.74) is -1.26. The molecule has 0 aliphatic carbocycles. The topological polar surface area (TPSA) is 96.6 Å². The number of nitrogens with zero attached hydrogens (tertiary/aromatic N) is 1. The summed E-state index contributed by atoms with van der Waals surface area (Å²) in [7, 11) is 0. The molecule has 7 nitrogen and oxygen atoms in total. The number of nitrogens with one attached hydrogen (secondary N) is 2. The number of ether oxygens (including phenoxy) is 1. The fourth-order valence-corrected chi connectivity index (χ4v) is 2.42. The van der Waals surface area contributed by atoms with Gasteiger partial charge in [-0.15, -0.1) is 0 Å². The molecule has 0 radical (unpaired) electrons. The van der Waals surface area contributed by atoms with E-state index in [2.05, 4.69) is 15.8 Å². The summed E-state index contributed by atoms with van der Waals surface area (Å²) in [5, 5.41) is 19.4. The Morgan fingerprint density at radius 1 is 1.35 bits per heavy atom. The van der Waals surface area contributed by atoms with Gasteiger partial charge in [-0.3, -0.25) is 4.79 Å². The predicted octanol–water partition coefficient (Wildman–Crippen LogP) is 1.43. The van der Waals surface area contributed by atoms with E-state index in [-0.39, 0.29) is 18.6 Å². The van der Waals surface area contributed by atoms with Crippen LogP contribution in [0.25, 0.3) is 0 Å². The fourth-order valence-electron chi connectivity index (χ4n) is 2.42. The Hall–Kier alpha value is -1.44. The van der Waals surface area contributed by atoms with Gasteiger partial charge in [-0.1, -0.05) is 19.0 Å². The van der Waals surface area contributed by atoms with Crippen molar-refractivity contribution in [3.63, 3.8) is 0 Å². The quantitative estimate of drug-likeness (QED) is 0.732. The summed E-state index contributed by atoms with van der Waals surface area (Å²) in [6.07, 6.45) is 1.80. The highest BCUT2D eigenvalue weighted by molar-refractivity contribution is 5.96. The highest BCUT2D eigenvalue weighted by Gasteiger charge is 2.32. The molecule has 1 aromatic heterocycles. The minimum Gasteiger partial charge on any atom is -0.395 e. The van der Waals surface area contributed by atoms with E-state index in [0.29, 0.717) is 11.6 Å². The standard InChI is InChI=1S/C16H27N3O4/c1-15(2,10-20)12-9-13(19-23-12)17-14(21)16(3,4)18-11-5-7-22-8-6-11/h9,11,18,20H,5-8,10H2,1-4H3,(H,17,19,21). The van der Waals surface area contributed by atoms with Gasteiger partial charge in [0.05, 0.1) is 12.1 Å². The Kier molecular flexibility index (Phi) is 5.44. The van der Waals surface area contributed by atoms with Crippen LogP contribution in [0.3, 0.4) is 0 Å². The molecule has 0 saturated carbocycles. The lowest BCUT2D eigenvalue weighted by Gasteiger charge is -2.32. The van der Waals surface area contributed by atoms with Crippen LogP contribution in [0.4, 0.5) is 5.82 Å². The number of rotatable bonds is 6. The molecule has 1 aliphatic rings. The minimum absolute atomic E-state index is 0.0631. The van der Waals surface area contributed by atoms with Gasteiger partial charge in [0.25, 0.3) is 0 Å². The first kappa shape index (κ1) is 17.9. The highest BCUT2D eigenvalue weighted by Crippen LogP contribution is 2.25. The zero-order valence-corrected chi connectivity index (χ0v) is 14.3. The molecule has 1 amide bonds. The van der Waals surface area contributed by atoms with Crippen LogP contribution in [0.1, 0.15) is 46.3 Å². The molecular weight excluding hydrogens is 298 g/mol. The van der Waals surface area contributed by atoms with E-state index in [1.54, 1.807) is 6.07 Å². The van der Waals surface area contributed by atoms with Crippen molar-refractivity contribution < 1.29 is 19.2 Å². The van der Waals surface area contributed by atoms with Gasteiger partial charge < -0.3 is 25.0 Å². The van der Waals surface area contributed by atoms with E-state index in [0.717, 1.165) is 26.1 Å². The second-order valence-electron chi connectivity index (χ2n) is 7.23. The van der Waals surface area contributed by atoms with E-state index in [1.165, 1.54) is 0 Å². The van der Waals surface area contributed by atoms with Crippen LogP contribution in [0.5, 0.6) is 0 Å². The second-order valence-corrected chi connectivity index (χ2v) is 7.23. The molecule has 2 heterocycles. The van der Waals surface area contributed by atoms with Crippen molar-refractivity contribution in [1.82, 2.24) is 10.5 Å². The van der Waals surface area contributed by atoms with Crippen LogP contribution in [0, 0.1) is 0 Å². The molecule has 23 heavy (non-hydrogen) atoms. The largest absolute Gasteiger partial charge is 0.395 e. The summed E-state index contributed by atoms with van der Waals surface area (Å²) in [5.74, 6) is 0.713. The highest BCUT2D eigenvalue weighted by atomic mass is 16.5. The van der Waals surface area contributed by atoms with Gasteiger partial charge in [0.1, 0.15) is 5.76 Å². The lowest BCUT2D eigenvalue weighted by molar-refractivity contribution is -0.121. The van der Waals surface area contributed by atoms with Gasteiger partial charge in [-0.2, -0.15) is 0 Å². The predicted molar refractivity (Wildman–Crippen MR) is 86.3 cm³/mol. The van der Waals surface area contributed by atoms with Crippen molar-refractivity contribution in [3.8, 4) is 0 Å². The number of aromatic nitrogens is 1. The lowest BCUT2D eigenvalue weighted by atomic mass is 9.92. The van der Waals surface area contributed by atoms with Gasteiger partial charge in [0, 0.05) is 30.7 Å². The number of hydrogen-bond acceptors (Lipinski definition) is 6. The monoisotopic (exact) mass is 325 g/mol. The Bertz CT molecular complexity index is 533. The van der Waals surface area contributed by atoms with E-state index in [4.69, 9.17) is 9.26 Å². The smallest absolute Gasteiger partial charge is 0.245 e. The van der Waals surface area contributed by atoms with Crippen molar-refractivity contribution in [1.29, 1.82) is 0 Å². The first-order valence-corrected chi connectivity index (χ1v) is 7.99. The Labute approximate surface area is 136 Å². The van der Waals surface area contributed by atoms with Gasteiger partial charge >= 0.3 is 0 Å². The number of hydrogen-bond donors (Lipinski definition) is 3. The molecule has 2 rings (SSSR count). The van der Waals surface area contributed by atoms with Crippen molar-refractivity contribution >= 4 is 11.7 Å². The average molecular weight is 325 g/mol. The molecule has 1 saturated heterocycles. The van der Waals surface area contributed by atoms with Gasteiger partial charge in [0.2, 0.25) is 5.91 Å². The number of aliphatic hydroxyl groups excluding tert-OH is 1. The maximum absolute atomic E-state index is 12.5. The van der Waals surface area contributed by atoms with Crippen LogP contribution in [-0.4, -0.2) is 47.6 Å². The summed E-state index contributed by atoms with van der Waals surface area (Å²) in [6.45, 7) is 8.75. The number of carbonyl (C=O) groups is 1. The maximum atomic E-state index is 12.5. The number of anilines is 1. The van der Waals surface area contributed by atoms with E-state index >= 15 is 0 Å². The van der Waals surface area contributed by atoms with Crippen LogP contribution in [0.15, 0.2) is 10.6 Å². The minimum atomic E-state index is -0.729. The van der Waals surface area contributed by atoms with Crippen molar-refractivity contribution in [2.24, 2.45) is 0 Å². The van der Waals surface area contributed by atoms with Gasteiger partial charge in [0.15, 0.2) is 5.82 Å². The summed E-state index contributed by atoms with van der Waals surface area (Å²) in [4.78, 5) is 12.5. The van der Waals surface area contributed by atoms with Crippen LogP contribution in [-0.2, 0) is 14.9 Å². The first-order chi connectivity index (χ1) is 10.7. The maximum Gasteiger partial charge on any atom is 0.245 e. The van der Waals surface area contributed by atoms with Crippen LogP contribution >= 0.6 is 0 Å². The van der Waals surface area contributed by atoms with E-state index in [9.17, 15) is 9.90 Å². The lowest BCUT2D eigenvalue weighted by Crippen LogP contribution is -2.55. The molecule has 7 heteroatoms. The molecule has 0 atom stereocenters. The average Bonchev–Trinajstić information content (AvgIpc) is 2.97. The third kappa shape index (κ3) is 4.53. The molecule has 1 aliphatic heterocycles. The van der Waals surface area contributed by atoms with Gasteiger partial charge in [-0.25, -0.2) is 0 Å². The number of aliphatic hydroxyl groups is 1. The molecule has 0 bridgehead atoms. The SMILES string of the molecule is CC(C)(NC1CCOCC1)C(=O)Nc1cc(C(C)(C)CO)on1. The van der Waals surface area contributed by atoms with Crippen molar-refractivity contribution in [3.05, 3.63) is 11.8 Å². The molecule has 0 aromatic carbocycles. The van der Waals surface area contributed by atoms with Crippen molar-refractivity contribution in [2.45, 2.75) is 57.5 Å². The van der Waals surface area contributed by atoms with Crippen molar-refractivity contribution in [2.75, 3.05) is 25.1 Å². The molecule has 0 spiro atoms. The second kappa shape index (κ2) is 6.98. The Morgan fingerprint density at radius 3 is 2.61 bits per heavy atom. The molecule has 0 unspecified atom stereocenters. The Balaban J connectivity index is 1.97. The van der Waals surface area contributed by atoms with Crippen LogP contribution in [0.2, 0.25) is 0 Å². The summed E-state index contributed by atoms with van der Waals surface area (Å²) in [6, 6.07) is 1.92. The van der Waals surface area contributed by atoms with Gasteiger partial charge in [-0.05, 0) is 26.7 Å². The molecule has 3 N–H and O–H groups in total. The first-order valence-electron chi connectivity index (χ1n) is 7.99. The number of carbonyl (C=O) groups excluding carboxylic acids is 1. The van der Waals surface area contributed by atoms with E-state index < -0.39 is 11.0 Å². The fraction of sp³-hybridized carbons (Fsp3) is 0.750. The zero-order chi connectivity index (χ0) is 17.1. The summed E-state index contributed by atoms with van der Waals surface area (Å²) >= 11 is 0. The third-order valence-corrected chi connectivity index (χ3v) is 4.17. The van der Waals surface area contributed by atoms with Crippen LogP contribution < -0.4 is 10.6 Å². The number of amides is 1. The zero-order valence-electron chi connectivity index (χ0n) is 14.3. The normalized spacial score (nSPS) is 17.3. The Morgan fingerprint density at radius 2 is 2.00 bits per heavy atom. The van der Waals surface area contributed by atoms with E-state index in [1.807, 2.05) is 27.7 Å².